The highest BCUT2D eigenvalue weighted by Crippen LogP contribution is 2.32. The van der Waals surface area contributed by atoms with E-state index >= 15 is 0 Å². The zero-order valence-electron chi connectivity index (χ0n) is 28.7. The third-order valence-corrected chi connectivity index (χ3v) is 9.29. The molecule has 268 valence electrons. The van der Waals surface area contributed by atoms with Crippen molar-refractivity contribution < 1.29 is 43.3 Å². The molecule has 3 aromatic rings. The van der Waals surface area contributed by atoms with Gasteiger partial charge in [0, 0.05) is 32.6 Å². The topological polar surface area (TPSA) is 177 Å². The van der Waals surface area contributed by atoms with E-state index in [1.807, 2.05) is 45.0 Å². The summed E-state index contributed by atoms with van der Waals surface area (Å²) in [5.74, 6) is -1.04. The molecule has 0 radical (unpaired) electrons. The Hall–Kier alpha value is -3.89. The molecule has 2 aromatic heterocycles. The lowest BCUT2D eigenvalue weighted by Crippen LogP contribution is -2.49. The van der Waals surface area contributed by atoms with Gasteiger partial charge in [0.05, 0.1) is 73.6 Å². The molecule has 1 fully saturated rings. The summed E-state index contributed by atoms with van der Waals surface area (Å²) in [7, 11) is 1.47. The van der Waals surface area contributed by atoms with Gasteiger partial charge in [0.1, 0.15) is 17.7 Å². The highest BCUT2D eigenvalue weighted by atomic mass is 32.1. The SMILES string of the molecule is Cc1cc(C(C(=O)N2C[C@H](O)C[C@H]2C(=O)N[C@@H](COCCOCCOCCN(C)C(=O)O)c2ccc(-c3scnc3C)cc2)C(C)C)on1. The van der Waals surface area contributed by atoms with Gasteiger partial charge in [0.25, 0.3) is 0 Å². The number of nitrogens with zero attached hydrogens (tertiary/aromatic N) is 4. The van der Waals surface area contributed by atoms with Crippen molar-refractivity contribution in [2.45, 2.75) is 58.2 Å². The van der Waals surface area contributed by atoms with Crippen LogP contribution in [0.2, 0.25) is 0 Å². The van der Waals surface area contributed by atoms with E-state index in [1.165, 1.54) is 11.9 Å². The van der Waals surface area contributed by atoms with Crippen molar-refractivity contribution in [1.82, 2.24) is 25.3 Å². The molecule has 0 saturated carbocycles. The van der Waals surface area contributed by atoms with E-state index in [0.29, 0.717) is 24.7 Å². The maximum absolute atomic E-state index is 13.9. The second-order valence-corrected chi connectivity index (χ2v) is 13.3. The Morgan fingerprint density at radius 1 is 1.08 bits per heavy atom. The molecule has 49 heavy (non-hydrogen) atoms. The number of hydrogen-bond donors (Lipinski definition) is 3. The standard InChI is InChI=1S/C34H47N5O9S/c1-21(2)30(29-16-22(3)37-48-29)33(42)39-18-26(40)17-28(39)32(41)36-27(24-6-8-25(9-7-24)31-23(4)35-20-49-31)19-47-15-14-46-13-12-45-11-10-38(5)34(43)44/h6-9,16,20-21,26-28,30,40H,10-15,17-19H2,1-5H3,(H,36,41)(H,43,44)/t26-,27+,28+,30?/m1/s1. The Labute approximate surface area is 290 Å². The van der Waals surface area contributed by atoms with Gasteiger partial charge in [-0.25, -0.2) is 9.78 Å². The number of benzene rings is 1. The molecule has 1 aromatic carbocycles. The first-order chi connectivity index (χ1) is 23.5. The monoisotopic (exact) mass is 701 g/mol. The maximum Gasteiger partial charge on any atom is 0.407 e. The number of thiazole rings is 1. The molecule has 3 amide bonds. The van der Waals surface area contributed by atoms with Gasteiger partial charge >= 0.3 is 6.09 Å². The molecule has 0 aliphatic carbocycles. The Morgan fingerprint density at radius 3 is 2.35 bits per heavy atom. The number of amides is 3. The molecular formula is C34H47N5O9S. The van der Waals surface area contributed by atoms with Crippen molar-refractivity contribution in [3.05, 3.63) is 58.6 Å². The molecule has 1 saturated heterocycles. The number of aliphatic hydroxyl groups is 1. The van der Waals surface area contributed by atoms with Crippen molar-refractivity contribution in [3.8, 4) is 10.4 Å². The summed E-state index contributed by atoms with van der Waals surface area (Å²) in [5.41, 5.74) is 5.22. The van der Waals surface area contributed by atoms with Crippen molar-refractivity contribution >= 4 is 29.2 Å². The number of aryl methyl sites for hydroxylation is 2. The Kier molecular flexibility index (Phi) is 14.1. The van der Waals surface area contributed by atoms with E-state index in [1.54, 1.807) is 29.8 Å². The van der Waals surface area contributed by atoms with Crippen LogP contribution in [0.15, 0.2) is 40.4 Å². The van der Waals surface area contributed by atoms with E-state index < -0.39 is 30.2 Å². The van der Waals surface area contributed by atoms with Gasteiger partial charge in [-0.2, -0.15) is 0 Å². The molecule has 1 unspecified atom stereocenters. The molecule has 0 bridgehead atoms. The van der Waals surface area contributed by atoms with Crippen molar-refractivity contribution in [1.29, 1.82) is 0 Å². The lowest BCUT2D eigenvalue weighted by atomic mass is 9.91. The van der Waals surface area contributed by atoms with Gasteiger partial charge in [-0.05, 0) is 30.9 Å². The second-order valence-electron chi connectivity index (χ2n) is 12.4. The minimum absolute atomic E-state index is 0.0363. The zero-order chi connectivity index (χ0) is 35.5. The van der Waals surface area contributed by atoms with Crippen LogP contribution in [-0.4, -0.2) is 120 Å². The molecule has 14 nitrogen and oxygen atoms in total. The number of carbonyl (C=O) groups excluding carboxylic acids is 2. The number of ether oxygens (including phenoxy) is 3. The van der Waals surface area contributed by atoms with Gasteiger partial charge in [-0.3, -0.25) is 9.59 Å². The largest absolute Gasteiger partial charge is 0.465 e. The smallest absolute Gasteiger partial charge is 0.407 e. The van der Waals surface area contributed by atoms with Crippen LogP contribution in [0.3, 0.4) is 0 Å². The normalized spacial score (nSPS) is 17.3. The van der Waals surface area contributed by atoms with Gasteiger partial charge in [0.15, 0.2) is 0 Å². The van der Waals surface area contributed by atoms with Gasteiger partial charge in [-0.15, -0.1) is 11.3 Å². The lowest BCUT2D eigenvalue weighted by molar-refractivity contribution is -0.141. The van der Waals surface area contributed by atoms with Crippen molar-refractivity contribution in [3.63, 3.8) is 0 Å². The lowest BCUT2D eigenvalue weighted by Gasteiger charge is -2.30. The third-order valence-electron chi connectivity index (χ3n) is 8.31. The molecule has 3 heterocycles. The van der Waals surface area contributed by atoms with Crippen LogP contribution in [0.5, 0.6) is 0 Å². The molecule has 4 atom stereocenters. The van der Waals surface area contributed by atoms with Crippen LogP contribution < -0.4 is 5.32 Å². The van der Waals surface area contributed by atoms with Crippen LogP contribution in [0.4, 0.5) is 4.79 Å². The fraction of sp³-hybridized carbons (Fsp3) is 0.559. The number of hydrogen-bond acceptors (Lipinski definition) is 11. The van der Waals surface area contributed by atoms with E-state index in [2.05, 4.69) is 15.5 Å². The average molecular weight is 702 g/mol. The Bertz CT molecular complexity index is 1510. The number of rotatable bonds is 18. The summed E-state index contributed by atoms with van der Waals surface area (Å²) < 4.78 is 22.4. The summed E-state index contributed by atoms with van der Waals surface area (Å²) >= 11 is 1.56. The minimum Gasteiger partial charge on any atom is -0.465 e. The van der Waals surface area contributed by atoms with E-state index in [4.69, 9.17) is 23.8 Å². The first kappa shape index (κ1) is 37.9. The molecule has 3 N–H and O–H groups in total. The summed E-state index contributed by atoms with van der Waals surface area (Å²) in [6, 6.07) is 8.13. The van der Waals surface area contributed by atoms with Gasteiger partial charge < -0.3 is 44.1 Å². The summed E-state index contributed by atoms with van der Waals surface area (Å²) in [6.45, 7) is 9.44. The van der Waals surface area contributed by atoms with E-state index in [9.17, 15) is 19.5 Å². The van der Waals surface area contributed by atoms with Crippen LogP contribution in [0.25, 0.3) is 10.4 Å². The predicted molar refractivity (Wildman–Crippen MR) is 181 cm³/mol. The molecule has 1 aliphatic rings. The van der Waals surface area contributed by atoms with Crippen LogP contribution in [0.1, 0.15) is 54.9 Å². The molecule has 4 rings (SSSR count). The predicted octanol–water partition coefficient (Wildman–Crippen LogP) is 3.63. The van der Waals surface area contributed by atoms with Crippen LogP contribution in [-0.2, 0) is 23.8 Å². The number of β-amino-alcohol motifs (C(OH)–C–C–N with tert-alkyl or cyclic N) is 1. The zero-order valence-corrected chi connectivity index (χ0v) is 29.5. The number of carbonyl (C=O) groups is 3. The summed E-state index contributed by atoms with van der Waals surface area (Å²) in [5, 5.41) is 26.5. The Morgan fingerprint density at radius 2 is 1.76 bits per heavy atom. The van der Waals surface area contributed by atoms with E-state index in [-0.39, 0.29) is 63.7 Å². The Balaban J connectivity index is 1.39. The quantitative estimate of drug-likeness (QED) is 0.165. The molecule has 15 heteroatoms. The molecule has 0 spiro atoms. The van der Waals surface area contributed by atoms with Crippen LogP contribution >= 0.6 is 11.3 Å². The third kappa shape index (κ3) is 10.5. The number of likely N-dealkylation sites (N-methyl/N-ethyl adjacent to an activating group) is 1. The highest BCUT2D eigenvalue weighted by molar-refractivity contribution is 7.13. The number of carboxylic acid groups (broad SMARTS) is 1. The first-order valence-electron chi connectivity index (χ1n) is 16.4. The summed E-state index contributed by atoms with van der Waals surface area (Å²) in [6.07, 6.45) is -1.75. The number of likely N-dealkylation sites (tertiary alicyclic amines) is 1. The number of aromatic nitrogens is 2. The fourth-order valence-corrected chi connectivity index (χ4v) is 6.43. The van der Waals surface area contributed by atoms with Crippen LogP contribution in [0, 0.1) is 19.8 Å². The van der Waals surface area contributed by atoms with Gasteiger partial charge in [0.2, 0.25) is 11.8 Å². The first-order valence-corrected chi connectivity index (χ1v) is 17.2. The van der Waals surface area contributed by atoms with Crippen molar-refractivity contribution in [2.24, 2.45) is 5.92 Å². The molecule has 1 aliphatic heterocycles. The maximum atomic E-state index is 13.9. The summed E-state index contributed by atoms with van der Waals surface area (Å²) in [4.78, 5) is 46.6. The number of aliphatic hydroxyl groups excluding tert-OH is 1. The van der Waals surface area contributed by atoms with E-state index in [0.717, 1.165) is 26.6 Å². The van der Waals surface area contributed by atoms with Crippen molar-refractivity contribution in [2.75, 3.05) is 59.8 Å². The number of nitrogens with one attached hydrogen (secondary N) is 1. The fourth-order valence-electron chi connectivity index (χ4n) is 5.62. The highest BCUT2D eigenvalue weighted by Gasteiger charge is 2.43. The molecular weight excluding hydrogens is 654 g/mol. The van der Waals surface area contributed by atoms with Gasteiger partial charge in [-0.1, -0.05) is 43.3 Å². The average Bonchev–Trinajstić information content (AvgIpc) is 3.80. The minimum atomic E-state index is -1.01. The second kappa shape index (κ2) is 18.2.